The normalized spacial score (nSPS) is 11.2. The minimum atomic E-state index is -0.957. The Labute approximate surface area is 97.5 Å². The number of carboxylic acid groups (broad SMARTS) is 1. The number of aromatic carboxylic acids is 1. The van der Waals surface area contributed by atoms with Gasteiger partial charge in [0.1, 0.15) is 5.82 Å². The van der Waals surface area contributed by atoms with Gasteiger partial charge in [-0.05, 0) is 12.1 Å². The second-order valence-electron chi connectivity index (χ2n) is 3.89. The summed E-state index contributed by atoms with van der Waals surface area (Å²) in [5.41, 5.74) is 0.957. The summed E-state index contributed by atoms with van der Waals surface area (Å²) >= 11 is 5.97. The molecule has 0 spiro atoms. The Morgan fingerprint density at radius 2 is 2.19 bits per heavy atom. The molecule has 2 heterocycles. The summed E-state index contributed by atoms with van der Waals surface area (Å²) in [4.78, 5) is 15.1. The number of carbonyl (C=O) groups is 1. The van der Waals surface area contributed by atoms with Gasteiger partial charge in [-0.15, -0.1) is 0 Å². The van der Waals surface area contributed by atoms with Crippen LogP contribution in [0.25, 0.3) is 5.52 Å². The minimum absolute atomic E-state index is 0.184. The highest BCUT2D eigenvalue weighted by atomic mass is 35.5. The van der Waals surface area contributed by atoms with Crippen molar-refractivity contribution in [3.8, 4) is 0 Å². The highest BCUT2D eigenvalue weighted by molar-refractivity contribution is 6.32. The Morgan fingerprint density at radius 1 is 1.50 bits per heavy atom. The van der Waals surface area contributed by atoms with Crippen LogP contribution < -0.4 is 0 Å². The smallest absolute Gasteiger partial charge is 0.337 e. The number of carboxylic acids is 1. The summed E-state index contributed by atoms with van der Waals surface area (Å²) in [5, 5.41) is 9.32. The van der Waals surface area contributed by atoms with Gasteiger partial charge in [0.15, 0.2) is 5.15 Å². The zero-order valence-electron chi connectivity index (χ0n) is 8.94. The van der Waals surface area contributed by atoms with Gasteiger partial charge in [0.2, 0.25) is 0 Å². The summed E-state index contributed by atoms with van der Waals surface area (Å²) < 4.78 is 1.73. The maximum absolute atomic E-state index is 10.9. The lowest BCUT2D eigenvalue weighted by Gasteiger charge is -2.04. The second kappa shape index (κ2) is 3.79. The van der Waals surface area contributed by atoms with Gasteiger partial charge >= 0.3 is 5.97 Å². The van der Waals surface area contributed by atoms with Crippen LogP contribution in [-0.2, 0) is 0 Å². The standard InChI is InChI=1S/C11H11ClN2O2/c1-6(2)10-13-9(12)8-4-3-7(11(15)16)5-14(8)10/h3-6H,1-2H3,(H,15,16). The molecular formula is C11H11ClN2O2. The fourth-order valence-electron chi connectivity index (χ4n) is 1.60. The third-order valence-electron chi connectivity index (χ3n) is 2.38. The van der Waals surface area contributed by atoms with Crippen LogP contribution in [0.3, 0.4) is 0 Å². The first-order chi connectivity index (χ1) is 7.50. The minimum Gasteiger partial charge on any atom is -0.478 e. The fourth-order valence-corrected chi connectivity index (χ4v) is 1.84. The number of hydrogen-bond donors (Lipinski definition) is 1. The van der Waals surface area contributed by atoms with E-state index in [1.54, 1.807) is 16.7 Å². The van der Waals surface area contributed by atoms with Crippen LogP contribution in [0.2, 0.25) is 5.15 Å². The van der Waals surface area contributed by atoms with Crippen molar-refractivity contribution in [3.05, 3.63) is 34.9 Å². The van der Waals surface area contributed by atoms with Gasteiger partial charge in [-0.2, -0.15) is 0 Å². The number of fused-ring (bicyclic) bond motifs is 1. The zero-order chi connectivity index (χ0) is 11.9. The van der Waals surface area contributed by atoms with Crippen LogP contribution in [0.5, 0.6) is 0 Å². The maximum Gasteiger partial charge on any atom is 0.337 e. The molecule has 0 amide bonds. The average molecular weight is 239 g/mol. The summed E-state index contributed by atoms with van der Waals surface area (Å²) in [5.74, 6) is -0.00595. The topological polar surface area (TPSA) is 54.6 Å². The van der Waals surface area contributed by atoms with E-state index in [0.29, 0.717) is 5.15 Å². The number of aromatic nitrogens is 2. The van der Waals surface area contributed by atoms with E-state index in [0.717, 1.165) is 11.3 Å². The number of halogens is 1. The molecule has 2 aromatic rings. The van der Waals surface area contributed by atoms with Crippen LogP contribution >= 0.6 is 11.6 Å². The molecule has 0 aliphatic heterocycles. The van der Waals surface area contributed by atoms with Gasteiger partial charge in [0.25, 0.3) is 0 Å². The summed E-state index contributed by atoms with van der Waals surface area (Å²) in [7, 11) is 0. The van der Waals surface area contributed by atoms with Crippen molar-refractivity contribution in [2.75, 3.05) is 0 Å². The molecule has 0 radical (unpaired) electrons. The SMILES string of the molecule is CC(C)c1nc(Cl)c2ccc(C(=O)O)cn12. The van der Waals surface area contributed by atoms with Crippen molar-refractivity contribution < 1.29 is 9.90 Å². The van der Waals surface area contributed by atoms with E-state index in [2.05, 4.69) is 4.98 Å². The predicted octanol–water partition coefficient (Wildman–Crippen LogP) is 2.81. The predicted molar refractivity (Wildman–Crippen MR) is 61.3 cm³/mol. The molecule has 5 heteroatoms. The maximum atomic E-state index is 10.9. The number of nitrogens with zero attached hydrogens (tertiary/aromatic N) is 2. The molecule has 0 aliphatic rings. The van der Waals surface area contributed by atoms with Crippen molar-refractivity contribution in [2.24, 2.45) is 0 Å². The third kappa shape index (κ3) is 1.65. The molecule has 0 bridgehead atoms. The molecular weight excluding hydrogens is 228 g/mol. The monoisotopic (exact) mass is 238 g/mol. The molecule has 0 saturated carbocycles. The molecule has 1 N–H and O–H groups in total. The molecule has 0 aliphatic carbocycles. The molecule has 0 saturated heterocycles. The number of rotatable bonds is 2. The quantitative estimate of drug-likeness (QED) is 0.875. The van der Waals surface area contributed by atoms with E-state index in [-0.39, 0.29) is 11.5 Å². The van der Waals surface area contributed by atoms with Crippen LogP contribution in [-0.4, -0.2) is 20.5 Å². The van der Waals surface area contributed by atoms with Crippen molar-refractivity contribution in [3.63, 3.8) is 0 Å². The summed E-state index contributed by atoms with van der Waals surface area (Å²) in [6, 6.07) is 3.19. The van der Waals surface area contributed by atoms with E-state index in [4.69, 9.17) is 16.7 Å². The molecule has 0 aromatic carbocycles. The van der Waals surface area contributed by atoms with Gasteiger partial charge in [-0.25, -0.2) is 9.78 Å². The molecule has 2 aromatic heterocycles. The van der Waals surface area contributed by atoms with Crippen LogP contribution in [0, 0.1) is 0 Å². The number of imidazole rings is 1. The highest BCUT2D eigenvalue weighted by Crippen LogP contribution is 2.23. The van der Waals surface area contributed by atoms with Crippen molar-refractivity contribution in [1.82, 2.24) is 9.38 Å². The summed E-state index contributed by atoms with van der Waals surface area (Å²) in [6.45, 7) is 3.97. The van der Waals surface area contributed by atoms with Gasteiger partial charge in [-0.1, -0.05) is 25.4 Å². The lowest BCUT2D eigenvalue weighted by atomic mass is 10.2. The Morgan fingerprint density at radius 3 is 2.75 bits per heavy atom. The van der Waals surface area contributed by atoms with Gasteiger partial charge in [0.05, 0.1) is 11.1 Å². The molecule has 84 valence electrons. The van der Waals surface area contributed by atoms with Crippen molar-refractivity contribution in [2.45, 2.75) is 19.8 Å². The van der Waals surface area contributed by atoms with Gasteiger partial charge in [0, 0.05) is 12.1 Å². The molecule has 16 heavy (non-hydrogen) atoms. The number of hydrogen-bond acceptors (Lipinski definition) is 2. The highest BCUT2D eigenvalue weighted by Gasteiger charge is 2.14. The molecule has 4 nitrogen and oxygen atoms in total. The first kappa shape index (κ1) is 11.0. The van der Waals surface area contributed by atoms with Crippen molar-refractivity contribution >= 4 is 23.1 Å². The van der Waals surface area contributed by atoms with E-state index in [1.165, 1.54) is 6.07 Å². The van der Waals surface area contributed by atoms with Crippen LogP contribution in [0.4, 0.5) is 0 Å². The largest absolute Gasteiger partial charge is 0.478 e. The zero-order valence-corrected chi connectivity index (χ0v) is 9.69. The Balaban J connectivity index is 2.74. The number of pyridine rings is 1. The van der Waals surface area contributed by atoms with Crippen LogP contribution in [0.15, 0.2) is 18.3 Å². The van der Waals surface area contributed by atoms with E-state index in [1.807, 2.05) is 13.8 Å². The van der Waals surface area contributed by atoms with E-state index >= 15 is 0 Å². The Hall–Kier alpha value is -1.55. The Kier molecular flexibility index (Phi) is 2.59. The van der Waals surface area contributed by atoms with Crippen LogP contribution in [0.1, 0.15) is 35.9 Å². The first-order valence-corrected chi connectivity index (χ1v) is 5.29. The molecule has 0 unspecified atom stereocenters. The molecule has 0 atom stereocenters. The third-order valence-corrected chi connectivity index (χ3v) is 2.66. The lowest BCUT2D eigenvalue weighted by Crippen LogP contribution is -2.02. The molecule has 0 fully saturated rings. The first-order valence-electron chi connectivity index (χ1n) is 4.91. The van der Waals surface area contributed by atoms with Gasteiger partial charge < -0.3 is 9.51 Å². The Bertz CT molecular complexity index is 560. The van der Waals surface area contributed by atoms with Crippen molar-refractivity contribution in [1.29, 1.82) is 0 Å². The second-order valence-corrected chi connectivity index (χ2v) is 4.25. The van der Waals surface area contributed by atoms with E-state index in [9.17, 15) is 4.79 Å². The molecule has 2 rings (SSSR count). The summed E-state index contributed by atoms with van der Waals surface area (Å²) in [6.07, 6.45) is 1.55. The average Bonchev–Trinajstić information content (AvgIpc) is 2.56. The fraction of sp³-hybridized carbons (Fsp3) is 0.273. The van der Waals surface area contributed by atoms with Gasteiger partial charge in [-0.3, -0.25) is 0 Å². The lowest BCUT2D eigenvalue weighted by molar-refractivity contribution is 0.0696. The van der Waals surface area contributed by atoms with E-state index < -0.39 is 5.97 Å².